The molecule has 3 rings (SSSR count). The van der Waals surface area contributed by atoms with Crippen LogP contribution in [0.3, 0.4) is 0 Å². The Morgan fingerprint density at radius 2 is 1.87 bits per heavy atom. The predicted octanol–water partition coefficient (Wildman–Crippen LogP) is 4.58. The number of hydrogen-bond acceptors (Lipinski definition) is 2. The number of hydrogen-bond donors (Lipinski definition) is 1. The van der Waals surface area contributed by atoms with E-state index in [0.717, 1.165) is 32.5 Å². The van der Waals surface area contributed by atoms with Crippen LogP contribution in [0.4, 0.5) is 5.69 Å². The molecule has 2 heterocycles. The molecular weight excluding hydrogens is 354 g/mol. The number of pyridine rings is 1. The Labute approximate surface area is 143 Å². The highest BCUT2D eigenvalue weighted by Gasteiger charge is 2.19. The fraction of sp³-hybridized carbons (Fsp3) is 0.222. The van der Waals surface area contributed by atoms with Gasteiger partial charge in [-0.25, -0.2) is 4.98 Å². The first-order valence-corrected chi connectivity index (χ1v) is 8.19. The molecule has 3 aromatic rings. The van der Waals surface area contributed by atoms with Crippen LogP contribution in [0.1, 0.15) is 32.9 Å². The maximum absolute atomic E-state index is 12.8. The number of rotatable bonds is 2. The summed E-state index contributed by atoms with van der Waals surface area (Å²) in [6, 6.07) is 8.01. The van der Waals surface area contributed by atoms with Gasteiger partial charge in [0.25, 0.3) is 5.91 Å². The molecule has 0 aliphatic rings. The topological polar surface area (TPSA) is 46.4 Å². The number of carbonyl (C=O) groups excluding carboxylic acids is 1. The smallest absolute Gasteiger partial charge is 0.274 e. The lowest BCUT2D eigenvalue weighted by atomic mass is 10.1. The van der Waals surface area contributed by atoms with Gasteiger partial charge in [0.05, 0.1) is 10.2 Å². The number of halogens is 1. The summed E-state index contributed by atoms with van der Waals surface area (Å²) >= 11 is 3.52. The van der Waals surface area contributed by atoms with E-state index in [1.165, 1.54) is 0 Å². The Bertz CT molecular complexity index is 928. The lowest BCUT2D eigenvalue weighted by molar-refractivity contribution is 0.102. The molecule has 118 valence electrons. The summed E-state index contributed by atoms with van der Waals surface area (Å²) in [7, 11) is 0. The Hall–Kier alpha value is -2.14. The maximum atomic E-state index is 12.8. The fourth-order valence-electron chi connectivity index (χ4n) is 2.67. The summed E-state index contributed by atoms with van der Waals surface area (Å²) in [6.45, 7) is 7.84. The van der Waals surface area contributed by atoms with Gasteiger partial charge in [-0.05, 0) is 72.4 Å². The van der Waals surface area contributed by atoms with Crippen LogP contribution < -0.4 is 5.32 Å². The third kappa shape index (κ3) is 2.88. The number of anilines is 1. The molecule has 0 radical (unpaired) electrons. The van der Waals surface area contributed by atoms with Gasteiger partial charge in [-0.2, -0.15) is 0 Å². The maximum Gasteiger partial charge on any atom is 0.274 e. The molecule has 1 aromatic carbocycles. The van der Waals surface area contributed by atoms with Gasteiger partial charge in [0.15, 0.2) is 5.65 Å². The first kappa shape index (κ1) is 15.7. The first-order valence-electron chi connectivity index (χ1n) is 7.40. The van der Waals surface area contributed by atoms with Crippen LogP contribution in [-0.2, 0) is 0 Å². The summed E-state index contributed by atoms with van der Waals surface area (Å²) in [5.41, 5.74) is 6.05. The van der Waals surface area contributed by atoms with Gasteiger partial charge < -0.3 is 5.32 Å². The van der Waals surface area contributed by atoms with Gasteiger partial charge in [0.1, 0.15) is 5.69 Å². The van der Waals surface area contributed by atoms with E-state index in [-0.39, 0.29) is 5.91 Å². The minimum absolute atomic E-state index is 0.152. The second kappa shape index (κ2) is 5.81. The lowest BCUT2D eigenvalue weighted by Gasteiger charge is -2.10. The molecule has 1 N–H and O–H groups in total. The van der Waals surface area contributed by atoms with Crippen LogP contribution in [0.25, 0.3) is 5.65 Å². The van der Waals surface area contributed by atoms with Crippen molar-refractivity contribution >= 4 is 33.2 Å². The average molecular weight is 372 g/mol. The first-order chi connectivity index (χ1) is 10.9. The normalized spacial score (nSPS) is 11.0. The number of fused-ring (bicyclic) bond motifs is 1. The largest absolute Gasteiger partial charge is 0.320 e. The molecule has 4 nitrogen and oxygen atoms in total. The highest BCUT2D eigenvalue weighted by molar-refractivity contribution is 9.10. The molecule has 0 aliphatic heterocycles. The number of amides is 1. The van der Waals surface area contributed by atoms with Crippen LogP contribution >= 0.6 is 15.9 Å². The van der Waals surface area contributed by atoms with Gasteiger partial charge >= 0.3 is 0 Å². The zero-order chi connectivity index (χ0) is 16.7. The number of aryl methyl sites for hydroxylation is 4. The van der Waals surface area contributed by atoms with Crippen molar-refractivity contribution in [2.45, 2.75) is 27.7 Å². The van der Waals surface area contributed by atoms with Crippen LogP contribution in [-0.4, -0.2) is 15.3 Å². The van der Waals surface area contributed by atoms with Crippen LogP contribution in [0.5, 0.6) is 0 Å². The van der Waals surface area contributed by atoms with Gasteiger partial charge in [0, 0.05) is 11.9 Å². The van der Waals surface area contributed by atoms with Gasteiger partial charge in [0.2, 0.25) is 0 Å². The summed E-state index contributed by atoms with van der Waals surface area (Å²) in [4.78, 5) is 17.3. The molecule has 0 spiro atoms. The van der Waals surface area contributed by atoms with E-state index in [1.807, 2.05) is 62.6 Å². The minimum atomic E-state index is -0.152. The van der Waals surface area contributed by atoms with E-state index >= 15 is 0 Å². The second-order valence-corrected chi connectivity index (χ2v) is 6.73. The molecule has 0 saturated carbocycles. The number of imidazole rings is 1. The molecule has 5 heteroatoms. The van der Waals surface area contributed by atoms with Gasteiger partial charge in [-0.3, -0.25) is 9.20 Å². The van der Waals surface area contributed by atoms with E-state index in [9.17, 15) is 4.79 Å². The summed E-state index contributed by atoms with van der Waals surface area (Å²) in [5.74, 6) is -0.152. The van der Waals surface area contributed by atoms with Crippen molar-refractivity contribution in [2.24, 2.45) is 0 Å². The van der Waals surface area contributed by atoms with Crippen molar-refractivity contribution in [1.82, 2.24) is 9.38 Å². The number of carbonyl (C=O) groups is 1. The predicted molar refractivity (Wildman–Crippen MR) is 96.2 cm³/mol. The highest BCUT2D eigenvalue weighted by atomic mass is 79.9. The van der Waals surface area contributed by atoms with Crippen molar-refractivity contribution in [3.63, 3.8) is 0 Å². The Balaban J connectivity index is 2.08. The average Bonchev–Trinajstić information content (AvgIpc) is 2.79. The van der Waals surface area contributed by atoms with Gasteiger partial charge in [-0.1, -0.05) is 12.1 Å². The van der Waals surface area contributed by atoms with Gasteiger partial charge in [-0.15, -0.1) is 0 Å². The summed E-state index contributed by atoms with van der Waals surface area (Å²) in [6.07, 6.45) is 1.93. The zero-order valence-corrected chi connectivity index (χ0v) is 15.2. The van der Waals surface area contributed by atoms with E-state index in [1.54, 1.807) is 0 Å². The molecule has 0 bridgehead atoms. The summed E-state index contributed by atoms with van der Waals surface area (Å²) in [5, 5.41) is 3.01. The fourth-order valence-corrected chi connectivity index (χ4v) is 3.31. The van der Waals surface area contributed by atoms with Crippen LogP contribution in [0.15, 0.2) is 34.9 Å². The molecule has 1 amide bonds. The molecule has 0 saturated heterocycles. The van der Waals surface area contributed by atoms with Crippen molar-refractivity contribution < 1.29 is 4.79 Å². The van der Waals surface area contributed by atoms with Crippen molar-refractivity contribution in [1.29, 1.82) is 0 Å². The molecular formula is C18H18BrN3O. The number of benzene rings is 1. The Kier molecular flexibility index (Phi) is 3.98. The van der Waals surface area contributed by atoms with Crippen molar-refractivity contribution in [3.8, 4) is 0 Å². The lowest BCUT2D eigenvalue weighted by Crippen LogP contribution is -2.16. The number of aromatic nitrogens is 2. The summed E-state index contributed by atoms with van der Waals surface area (Å²) < 4.78 is 2.72. The van der Waals surface area contributed by atoms with E-state index in [4.69, 9.17) is 0 Å². The highest BCUT2D eigenvalue weighted by Crippen LogP contribution is 2.24. The SMILES string of the molecule is Cc1ccc(C)c(NC(=O)c2c(C)nc3c(Br)cc(C)cn23)c1. The van der Waals surface area contributed by atoms with Crippen molar-refractivity contribution in [3.05, 3.63) is 63.0 Å². The minimum Gasteiger partial charge on any atom is -0.320 e. The number of nitrogens with zero attached hydrogens (tertiary/aromatic N) is 2. The number of nitrogens with one attached hydrogen (secondary N) is 1. The molecule has 23 heavy (non-hydrogen) atoms. The van der Waals surface area contributed by atoms with Crippen LogP contribution in [0.2, 0.25) is 0 Å². The Morgan fingerprint density at radius 3 is 2.61 bits per heavy atom. The molecule has 0 fully saturated rings. The standard InChI is InChI=1S/C18H18BrN3O/c1-10-5-6-12(3)15(8-10)21-18(23)16-13(4)20-17-14(19)7-11(2)9-22(16)17/h5-9H,1-4H3,(H,21,23). The second-order valence-electron chi connectivity index (χ2n) is 5.88. The third-order valence-electron chi connectivity index (χ3n) is 3.84. The molecule has 2 aromatic heterocycles. The monoisotopic (exact) mass is 371 g/mol. The van der Waals surface area contributed by atoms with E-state index in [2.05, 4.69) is 26.2 Å². The molecule has 0 atom stereocenters. The Morgan fingerprint density at radius 1 is 1.13 bits per heavy atom. The quantitative estimate of drug-likeness (QED) is 0.716. The van der Waals surface area contributed by atoms with Crippen molar-refractivity contribution in [2.75, 3.05) is 5.32 Å². The van der Waals surface area contributed by atoms with E-state index < -0.39 is 0 Å². The molecule has 0 unspecified atom stereocenters. The third-order valence-corrected chi connectivity index (χ3v) is 4.43. The van der Waals surface area contributed by atoms with E-state index in [0.29, 0.717) is 11.4 Å². The van der Waals surface area contributed by atoms with Crippen LogP contribution in [0, 0.1) is 27.7 Å². The molecule has 0 aliphatic carbocycles. The zero-order valence-electron chi connectivity index (χ0n) is 13.6.